The average Bonchev–Trinajstić information content (AvgIpc) is 2.39. The predicted molar refractivity (Wildman–Crippen MR) is 65.9 cm³/mol. The molecule has 0 amide bonds. The molecule has 0 saturated heterocycles. The van der Waals surface area contributed by atoms with Crippen LogP contribution in [0.15, 0.2) is 48.7 Å². The van der Waals surface area contributed by atoms with Gasteiger partial charge in [0, 0.05) is 6.20 Å². The predicted octanol–water partition coefficient (Wildman–Crippen LogP) is 2.50. The molecule has 0 bridgehead atoms. The largest absolute Gasteiger partial charge is 0.490 e. The summed E-state index contributed by atoms with van der Waals surface area (Å²) in [5.41, 5.74) is 1.81. The lowest BCUT2D eigenvalue weighted by Gasteiger charge is -2.11. The van der Waals surface area contributed by atoms with Gasteiger partial charge in [0.15, 0.2) is 0 Å². The molecule has 0 aliphatic carbocycles. The lowest BCUT2D eigenvalue weighted by molar-refractivity contribution is 0.104. The molecule has 0 fully saturated rings. The van der Waals surface area contributed by atoms with Gasteiger partial charge in [-0.05, 0) is 31.2 Å². The highest BCUT2D eigenvalue weighted by Gasteiger charge is 2.08. The maximum absolute atomic E-state index is 9.85. The summed E-state index contributed by atoms with van der Waals surface area (Å²) in [4.78, 5) is 4.08. The molecule has 0 radical (unpaired) electrons. The standard InChI is InChI=1S/C14H15NO2/c1-11-5-7-12(8-6-11)17-10-14(16)13-4-2-3-9-15-13/h2-9,14,16H,10H2,1H3/t14-/m1/s1. The van der Waals surface area contributed by atoms with E-state index in [1.807, 2.05) is 43.3 Å². The summed E-state index contributed by atoms with van der Waals surface area (Å²) < 4.78 is 5.49. The van der Waals surface area contributed by atoms with Gasteiger partial charge in [-0.3, -0.25) is 4.98 Å². The van der Waals surface area contributed by atoms with Crippen LogP contribution in [0.1, 0.15) is 17.4 Å². The van der Waals surface area contributed by atoms with Crippen LogP contribution in [-0.4, -0.2) is 16.7 Å². The van der Waals surface area contributed by atoms with Gasteiger partial charge in [-0.1, -0.05) is 23.8 Å². The van der Waals surface area contributed by atoms with Gasteiger partial charge in [-0.25, -0.2) is 0 Å². The number of benzene rings is 1. The topological polar surface area (TPSA) is 42.4 Å². The lowest BCUT2D eigenvalue weighted by Crippen LogP contribution is -2.10. The molecule has 1 aromatic heterocycles. The Balaban J connectivity index is 1.92. The van der Waals surface area contributed by atoms with E-state index in [4.69, 9.17) is 4.74 Å². The fourth-order valence-electron chi connectivity index (χ4n) is 1.47. The first-order chi connectivity index (χ1) is 8.25. The van der Waals surface area contributed by atoms with E-state index < -0.39 is 6.10 Å². The third-order valence-corrected chi connectivity index (χ3v) is 2.46. The highest BCUT2D eigenvalue weighted by atomic mass is 16.5. The summed E-state index contributed by atoms with van der Waals surface area (Å²) >= 11 is 0. The first-order valence-corrected chi connectivity index (χ1v) is 5.54. The third-order valence-electron chi connectivity index (χ3n) is 2.46. The summed E-state index contributed by atoms with van der Waals surface area (Å²) in [6, 6.07) is 13.2. The molecule has 2 aromatic rings. The van der Waals surface area contributed by atoms with Crippen molar-refractivity contribution in [2.75, 3.05) is 6.61 Å². The minimum Gasteiger partial charge on any atom is -0.490 e. The van der Waals surface area contributed by atoms with E-state index in [9.17, 15) is 5.11 Å². The minimum atomic E-state index is -0.697. The summed E-state index contributed by atoms with van der Waals surface area (Å²) in [7, 11) is 0. The van der Waals surface area contributed by atoms with Gasteiger partial charge in [0.25, 0.3) is 0 Å². The third kappa shape index (κ3) is 3.29. The number of nitrogens with zero attached hydrogens (tertiary/aromatic N) is 1. The molecule has 0 aliphatic heterocycles. The molecule has 1 aromatic carbocycles. The second-order valence-electron chi connectivity index (χ2n) is 3.89. The lowest BCUT2D eigenvalue weighted by atomic mass is 10.2. The smallest absolute Gasteiger partial charge is 0.130 e. The number of aliphatic hydroxyl groups excluding tert-OH is 1. The summed E-state index contributed by atoms with van der Waals surface area (Å²) in [6.45, 7) is 2.23. The normalized spacial score (nSPS) is 12.1. The zero-order valence-corrected chi connectivity index (χ0v) is 9.71. The van der Waals surface area contributed by atoms with Crippen molar-refractivity contribution in [1.82, 2.24) is 4.98 Å². The second kappa shape index (κ2) is 5.46. The average molecular weight is 229 g/mol. The Hall–Kier alpha value is -1.87. The van der Waals surface area contributed by atoms with Crippen molar-refractivity contribution in [3.05, 3.63) is 59.9 Å². The molecule has 1 heterocycles. The molecule has 0 spiro atoms. The van der Waals surface area contributed by atoms with Crippen LogP contribution in [0.3, 0.4) is 0 Å². The summed E-state index contributed by atoms with van der Waals surface area (Å²) in [6.07, 6.45) is 0.960. The van der Waals surface area contributed by atoms with E-state index in [-0.39, 0.29) is 6.61 Å². The van der Waals surface area contributed by atoms with E-state index in [0.717, 1.165) is 5.75 Å². The van der Waals surface area contributed by atoms with Crippen molar-refractivity contribution in [2.45, 2.75) is 13.0 Å². The van der Waals surface area contributed by atoms with Crippen molar-refractivity contribution < 1.29 is 9.84 Å². The van der Waals surface area contributed by atoms with Crippen molar-refractivity contribution in [1.29, 1.82) is 0 Å². The number of pyridine rings is 1. The Labute approximate surface area is 101 Å². The van der Waals surface area contributed by atoms with Gasteiger partial charge >= 0.3 is 0 Å². The fourth-order valence-corrected chi connectivity index (χ4v) is 1.47. The first kappa shape index (κ1) is 11.6. The Morgan fingerprint density at radius 1 is 1.18 bits per heavy atom. The molecule has 0 unspecified atom stereocenters. The minimum absolute atomic E-state index is 0.208. The number of hydrogen-bond acceptors (Lipinski definition) is 3. The van der Waals surface area contributed by atoms with E-state index in [0.29, 0.717) is 5.69 Å². The van der Waals surface area contributed by atoms with Crippen LogP contribution >= 0.6 is 0 Å². The number of aliphatic hydroxyl groups is 1. The van der Waals surface area contributed by atoms with Crippen molar-refractivity contribution in [2.24, 2.45) is 0 Å². The molecule has 1 N–H and O–H groups in total. The van der Waals surface area contributed by atoms with Crippen LogP contribution in [0, 0.1) is 6.92 Å². The van der Waals surface area contributed by atoms with Crippen LogP contribution in [0.4, 0.5) is 0 Å². The quantitative estimate of drug-likeness (QED) is 0.875. The molecule has 1 atom stereocenters. The van der Waals surface area contributed by atoms with E-state index in [1.54, 1.807) is 12.3 Å². The van der Waals surface area contributed by atoms with Crippen molar-refractivity contribution in [3.8, 4) is 5.75 Å². The van der Waals surface area contributed by atoms with Gasteiger partial charge in [0.1, 0.15) is 18.5 Å². The zero-order chi connectivity index (χ0) is 12.1. The molecule has 2 rings (SSSR count). The van der Waals surface area contributed by atoms with E-state index in [2.05, 4.69) is 4.98 Å². The Morgan fingerprint density at radius 3 is 2.59 bits per heavy atom. The molecule has 88 valence electrons. The molecule has 0 aliphatic rings. The molecule has 3 heteroatoms. The highest BCUT2D eigenvalue weighted by molar-refractivity contribution is 5.26. The summed E-state index contributed by atoms with van der Waals surface area (Å²) in [5.74, 6) is 0.755. The molecule has 17 heavy (non-hydrogen) atoms. The van der Waals surface area contributed by atoms with Crippen LogP contribution in [-0.2, 0) is 0 Å². The van der Waals surface area contributed by atoms with E-state index >= 15 is 0 Å². The number of aryl methyl sites for hydroxylation is 1. The Morgan fingerprint density at radius 2 is 1.94 bits per heavy atom. The Bertz CT molecular complexity index is 453. The number of aromatic nitrogens is 1. The van der Waals surface area contributed by atoms with Crippen LogP contribution in [0.2, 0.25) is 0 Å². The second-order valence-corrected chi connectivity index (χ2v) is 3.89. The van der Waals surface area contributed by atoms with Crippen LogP contribution in [0.5, 0.6) is 5.75 Å². The van der Waals surface area contributed by atoms with Gasteiger partial charge in [0.05, 0.1) is 5.69 Å². The molecule has 3 nitrogen and oxygen atoms in total. The molecular formula is C14H15NO2. The SMILES string of the molecule is Cc1ccc(OC[C@@H](O)c2ccccn2)cc1. The maximum atomic E-state index is 9.85. The Kier molecular flexibility index (Phi) is 3.73. The van der Waals surface area contributed by atoms with Gasteiger partial charge in [0.2, 0.25) is 0 Å². The van der Waals surface area contributed by atoms with Gasteiger partial charge < -0.3 is 9.84 Å². The van der Waals surface area contributed by atoms with Crippen molar-refractivity contribution in [3.63, 3.8) is 0 Å². The number of rotatable bonds is 4. The first-order valence-electron chi connectivity index (χ1n) is 5.54. The monoisotopic (exact) mass is 229 g/mol. The van der Waals surface area contributed by atoms with Crippen LogP contribution in [0.25, 0.3) is 0 Å². The van der Waals surface area contributed by atoms with E-state index in [1.165, 1.54) is 5.56 Å². The number of hydrogen-bond donors (Lipinski definition) is 1. The molecular weight excluding hydrogens is 214 g/mol. The fraction of sp³-hybridized carbons (Fsp3) is 0.214. The highest BCUT2D eigenvalue weighted by Crippen LogP contribution is 2.15. The van der Waals surface area contributed by atoms with Gasteiger partial charge in [-0.2, -0.15) is 0 Å². The van der Waals surface area contributed by atoms with Gasteiger partial charge in [-0.15, -0.1) is 0 Å². The van der Waals surface area contributed by atoms with Crippen molar-refractivity contribution >= 4 is 0 Å². The maximum Gasteiger partial charge on any atom is 0.130 e. The van der Waals surface area contributed by atoms with Crippen LogP contribution < -0.4 is 4.74 Å². The summed E-state index contributed by atoms with van der Waals surface area (Å²) in [5, 5.41) is 9.85. The number of ether oxygens (including phenoxy) is 1. The molecule has 0 saturated carbocycles. The zero-order valence-electron chi connectivity index (χ0n) is 9.71.